The molecule has 5 nitrogen and oxygen atoms in total. The van der Waals surface area contributed by atoms with Crippen molar-refractivity contribution in [3.05, 3.63) is 71.8 Å². The third-order valence-corrected chi connectivity index (χ3v) is 5.18. The molecule has 30 heavy (non-hydrogen) atoms. The molecule has 154 valence electrons. The van der Waals surface area contributed by atoms with Crippen LogP contribution in [0.25, 0.3) is 21.8 Å². The fourth-order valence-electron chi connectivity index (χ4n) is 3.54. The minimum atomic E-state index is -0.871. The number of halogens is 1. The second-order valence-corrected chi connectivity index (χ2v) is 7.47. The van der Waals surface area contributed by atoms with Gasteiger partial charge in [0.25, 0.3) is 0 Å². The molecule has 4 rings (SSSR count). The lowest BCUT2D eigenvalue weighted by atomic mass is 10.1. The molecule has 0 bridgehead atoms. The number of nitrogens with zero attached hydrogens (tertiary/aromatic N) is 1. The summed E-state index contributed by atoms with van der Waals surface area (Å²) in [6, 6.07) is 21.0. The van der Waals surface area contributed by atoms with Crippen molar-refractivity contribution in [2.75, 3.05) is 13.2 Å². The van der Waals surface area contributed by atoms with Gasteiger partial charge < -0.3 is 19.1 Å². The number of hydrogen-bond acceptors (Lipinski definition) is 3. The van der Waals surface area contributed by atoms with Gasteiger partial charge in [0.2, 0.25) is 0 Å². The number of aromatic nitrogens is 1. The topological polar surface area (TPSA) is 60.7 Å². The Bertz CT molecular complexity index is 1170. The molecule has 0 atom stereocenters. The molecular weight excluding hydrogens is 402 g/mol. The summed E-state index contributed by atoms with van der Waals surface area (Å²) in [5.74, 6) is 0.664. The van der Waals surface area contributed by atoms with Crippen LogP contribution in [-0.4, -0.2) is 28.9 Å². The van der Waals surface area contributed by atoms with Crippen LogP contribution in [0.15, 0.2) is 66.7 Å². The summed E-state index contributed by atoms with van der Waals surface area (Å²) in [4.78, 5) is 11.4. The number of para-hydroxylation sites is 1. The number of carbonyl (C=O) groups is 1. The van der Waals surface area contributed by atoms with Crippen LogP contribution in [0, 0.1) is 0 Å². The van der Waals surface area contributed by atoms with Gasteiger partial charge in [-0.15, -0.1) is 0 Å². The van der Waals surface area contributed by atoms with Gasteiger partial charge in [-0.3, -0.25) is 4.79 Å². The highest BCUT2D eigenvalue weighted by Crippen LogP contribution is 2.31. The molecule has 1 N–H and O–H groups in total. The smallest absolute Gasteiger partial charge is 0.323 e. The molecule has 0 saturated carbocycles. The standard InChI is InChI=1S/C24H22ClNO4/c25-17-7-9-18(10-8-17)29-13-3-4-14-30-19-11-12-21-20-5-1-2-6-22(20)26(16-24(27)28)23(21)15-19/h1-2,5-12,15H,3-4,13-14,16H2,(H,27,28). The Balaban J connectivity index is 1.38. The first kappa shape index (κ1) is 20.1. The van der Waals surface area contributed by atoms with Crippen LogP contribution in [0.3, 0.4) is 0 Å². The lowest BCUT2D eigenvalue weighted by Gasteiger charge is -2.09. The van der Waals surface area contributed by atoms with E-state index in [1.165, 1.54) is 0 Å². The first-order valence-corrected chi connectivity index (χ1v) is 10.2. The van der Waals surface area contributed by atoms with Gasteiger partial charge in [0.05, 0.1) is 18.7 Å². The van der Waals surface area contributed by atoms with Crippen LogP contribution in [0.4, 0.5) is 0 Å². The Morgan fingerprint density at radius 1 is 0.833 bits per heavy atom. The Kier molecular flexibility index (Phi) is 6.10. The second kappa shape index (κ2) is 9.09. The largest absolute Gasteiger partial charge is 0.494 e. The quantitative estimate of drug-likeness (QED) is 0.347. The number of ether oxygens (including phenoxy) is 2. The molecular formula is C24H22ClNO4. The van der Waals surface area contributed by atoms with Gasteiger partial charge >= 0.3 is 5.97 Å². The Hall–Kier alpha value is -3.18. The van der Waals surface area contributed by atoms with E-state index in [1.807, 2.05) is 59.2 Å². The molecule has 3 aromatic carbocycles. The van der Waals surface area contributed by atoms with Crippen LogP contribution in [-0.2, 0) is 11.3 Å². The lowest BCUT2D eigenvalue weighted by Crippen LogP contribution is -2.08. The van der Waals surface area contributed by atoms with Gasteiger partial charge in [-0.05, 0) is 55.3 Å². The predicted octanol–water partition coefficient (Wildman–Crippen LogP) is 5.77. The number of carboxylic acid groups (broad SMARTS) is 1. The van der Waals surface area contributed by atoms with Crippen molar-refractivity contribution in [2.45, 2.75) is 19.4 Å². The highest BCUT2D eigenvalue weighted by Gasteiger charge is 2.13. The maximum absolute atomic E-state index is 11.4. The fraction of sp³-hybridized carbons (Fsp3) is 0.208. The summed E-state index contributed by atoms with van der Waals surface area (Å²) in [6.45, 7) is 1.08. The second-order valence-electron chi connectivity index (χ2n) is 7.03. The maximum atomic E-state index is 11.4. The predicted molar refractivity (Wildman–Crippen MR) is 119 cm³/mol. The molecule has 1 heterocycles. The van der Waals surface area contributed by atoms with Gasteiger partial charge in [-0.25, -0.2) is 0 Å². The molecule has 0 fully saturated rings. The van der Waals surface area contributed by atoms with Crippen LogP contribution < -0.4 is 9.47 Å². The lowest BCUT2D eigenvalue weighted by molar-refractivity contribution is -0.137. The highest BCUT2D eigenvalue weighted by molar-refractivity contribution is 6.30. The first-order valence-electron chi connectivity index (χ1n) is 9.86. The van der Waals surface area contributed by atoms with Crippen molar-refractivity contribution in [1.29, 1.82) is 0 Å². The number of unbranched alkanes of at least 4 members (excludes halogenated alkanes) is 1. The fourth-order valence-corrected chi connectivity index (χ4v) is 3.67. The number of benzene rings is 3. The van der Waals surface area contributed by atoms with E-state index in [0.29, 0.717) is 18.2 Å². The number of aliphatic carboxylic acids is 1. The number of carboxylic acids is 1. The minimum Gasteiger partial charge on any atom is -0.494 e. The summed E-state index contributed by atoms with van der Waals surface area (Å²) < 4.78 is 13.4. The first-order chi connectivity index (χ1) is 14.6. The number of fused-ring (bicyclic) bond motifs is 3. The van der Waals surface area contributed by atoms with Crippen molar-refractivity contribution in [1.82, 2.24) is 4.57 Å². The molecule has 0 unspecified atom stereocenters. The normalized spacial score (nSPS) is 11.1. The van der Waals surface area contributed by atoms with Crippen molar-refractivity contribution in [2.24, 2.45) is 0 Å². The van der Waals surface area contributed by atoms with E-state index in [4.69, 9.17) is 21.1 Å². The highest BCUT2D eigenvalue weighted by atomic mass is 35.5. The van der Waals surface area contributed by atoms with E-state index in [2.05, 4.69) is 0 Å². The summed E-state index contributed by atoms with van der Waals surface area (Å²) >= 11 is 5.86. The van der Waals surface area contributed by atoms with Gasteiger partial charge in [-0.1, -0.05) is 29.8 Å². The third kappa shape index (κ3) is 4.52. The van der Waals surface area contributed by atoms with Crippen molar-refractivity contribution >= 4 is 39.4 Å². The third-order valence-electron chi connectivity index (χ3n) is 4.93. The van der Waals surface area contributed by atoms with Gasteiger partial charge in [0.15, 0.2) is 0 Å². The number of hydrogen-bond donors (Lipinski definition) is 1. The van der Waals surface area contributed by atoms with E-state index in [0.717, 1.165) is 46.1 Å². The molecule has 4 aromatic rings. The van der Waals surface area contributed by atoms with E-state index < -0.39 is 5.97 Å². The number of rotatable bonds is 9. The molecule has 0 aliphatic heterocycles. The zero-order valence-corrected chi connectivity index (χ0v) is 17.1. The van der Waals surface area contributed by atoms with E-state index in [9.17, 15) is 9.90 Å². The Labute approximate surface area is 179 Å². The van der Waals surface area contributed by atoms with Gasteiger partial charge in [-0.2, -0.15) is 0 Å². The zero-order valence-electron chi connectivity index (χ0n) is 16.4. The Morgan fingerprint density at radius 2 is 1.47 bits per heavy atom. The summed E-state index contributed by atoms with van der Waals surface area (Å²) in [7, 11) is 0. The SMILES string of the molecule is O=C(O)Cn1c2ccccc2c2ccc(OCCCCOc3ccc(Cl)cc3)cc21. The van der Waals surface area contributed by atoms with Crippen LogP contribution in [0.5, 0.6) is 11.5 Å². The van der Waals surface area contributed by atoms with E-state index in [-0.39, 0.29) is 6.54 Å². The molecule has 0 amide bonds. The molecule has 6 heteroatoms. The van der Waals surface area contributed by atoms with Crippen LogP contribution >= 0.6 is 11.6 Å². The molecule has 0 aliphatic rings. The molecule has 0 radical (unpaired) electrons. The van der Waals surface area contributed by atoms with Crippen molar-refractivity contribution in [3.63, 3.8) is 0 Å². The Morgan fingerprint density at radius 3 is 2.20 bits per heavy atom. The van der Waals surface area contributed by atoms with Crippen LogP contribution in [0.2, 0.25) is 5.02 Å². The van der Waals surface area contributed by atoms with E-state index >= 15 is 0 Å². The summed E-state index contributed by atoms with van der Waals surface area (Å²) in [6.07, 6.45) is 1.72. The van der Waals surface area contributed by atoms with Gasteiger partial charge in [0, 0.05) is 27.4 Å². The van der Waals surface area contributed by atoms with E-state index in [1.54, 1.807) is 12.1 Å². The van der Waals surface area contributed by atoms with Crippen molar-refractivity contribution < 1.29 is 19.4 Å². The summed E-state index contributed by atoms with van der Waals surface area (Å²) in [5, 5.41) is 12.1. The monoisotopic (exact) mass is 423 g/mol. The molecule has 0 saturated heterocycles. The molecule has 0 aliphatic carbocycles. The van der Waals surface area contributed by atoms with Gasteiger partial charge in [0.1, 0.15) is 18.0 Å². The average Bonchev–Trinajstić information content (AvgIpc) is 3.05. The van der Waals surface area contributed by atoms with Crippen molar-refractivity contribution in [3.8, 4) is 11.5 Å². The minimum absolute atomic E-state index is 0.0878. The zero-order chi connectivity index (χ0) is 20.9. The summed E-state index contributed by atoms with van der Waals surface area (Å²) in [5.41, 5.74) is 1.77. The van der Waals surface area contributed by atoms with Crippen LogP contribution in [0.1, 0.15) is 12.8 Å². The molecule has 0 spiro atoms. The molecule has 1 aromatic heterocycles. The average molecular weight is 424 g/mol. The maximum Gasteiger partial charge on any atom is 0.323 e.